The molecule has 3 rings (SSSR count). The minimum Gasteiger partial charge on any atom is -0.481 e. The van der Waals surface area contributed by atoms with Gasteiger partial charge in [-0.15, -0.1) is 0 Å². The van der Waals surface area contributed by atoms with E-state index in [1.54, 1.807) is 6.07 Å². The SMILES string of the molecule is CC(C(C(=O)Nc1cc(C2(CC(=O)O)COC2)ccc1Cl)c1ccc(Cl)cc1)C(F)(F)F. The van der Waals surface area contributed by atoms with Crippen molar-refractivity contribution in [3.8, 4) is 0 Å². The highest BCUT2D eigenvalue weighted by Crippen LogP contribution is 2.41. The fourth-order valence-electron chi connectivity index (χ4n) is 3.70. The number of nitrogens with one attached hydrogen (secondary N) is 1. The number of hydrogen-bond donors (Lipinski definition) is 2. The van der Waals surface area contributed by atoms with E-state index in [0.717, 1.165) is 6.92 Å². The summed E-state index contributed by atoms with van der Waals surface area (Å²) in [7, 11) is 0. The molecule has 0 saturated carbocycles. The second-order valence-corrected chi connectivity index (χ2v) is 8.73. The molecule has 1 amide bonds. The van der Waals surface area contributed by atoms with E-state index < -0.39 is 35.3 Å². The van der Waals surface area contributed by atoms with Crippen LogP contribution in [0.4, 0.5) is 18.9 Å². The van der Waals surface area contributed by atoms with Crippen LogP contribution in [0.5, 0.6) is 0 Å². The first kappa shape index (κ1) is 24.4. The van der Waals surface area contributed by atoms with Gasteiger partial charge in [0.05, 0.1) is 47.6 Å². The van der Waals surface area contributed by atoms with Crippen LogP contribution in [0.2, 0.25) is 10.0 Å². The van der Waals surface area contributed by atoms with Gasteiger partial charge < -0.3 is 15.2 Å². The first-order chi connectivity index (χ1) is 14.9. The monoisotopic (exact) mass is 489 g/mol. The van der Waals surface area contributed by atoms with Crippen molar-refractivity contribution >= 4 is 40.8 Å². The Kier molecular flexibility index (Phi) is 7.07. The number of benzene rings is 2. The normalized spacial score (nSPS) is 17.2. The molecular formula is C22H20Cl2F3NO4. The lowest BCUT2D eigenvalue weighted by Crippen LogP contribution is -2.48. The molecule has 1 fully saturated rings. The zero-order valence-electron chi connectivity index (χ0n) is 16.9. The lowest BCUT2D eigenvalue weighted by atomic mass is 9.75. The Balaban J connectivity index is 1.94. The van der Waals surface area contributed by atoms with Crippen LogP contribution in [0.3, 0.4) is 0 Å². The molecule has 32 heavy (non-hydrogen) atoms. The van der Waals surface area contributed by atoms with Crippen molar-refractivity contribution in [3.05, 3.63) is 63.6 Å². The summed E-state index contributed by atoms with van der Waals surface area (Å²) in [6.45, 7) is 1.28. The van der Waals surface area contributed by atoms with Crippen LogP contribution in [0, 0.1) is 5.92 Å². The van der Waals surface area contributed by atoms with E-state index >= 15 is 0 Å². The molecule has 1 heterocycles. The Morgan fingerprint density at radius 3 is 2.28 bits per heavy atom. The van der Waals surface area contributed by atoms with Gasteiger partial charge in [-0.2, -0.15) is 13.2 Å². The van der Waals surface area contributed by atoms with Gasteiger partial charge in [-0.25, -0.2) is 0 Å². The number of amides is 1. The smallest absolute Gasteiger partial charge is 0.392 e. The van der Waals surface area contributed by atoms with Crippen molar-refractivity contribution in [2.45, 2.75) is 30.9 Å². The molecule has 1 saturated heterocycles. The molecule has 2 aromatic rings. The number of anilines is 1. The van der Waals surface area contributed by atoms with Gasteiger partial charge in [-0.3, -0.25) is 9.59 Å². The minimum absolute atomic E-state index is 0.0965. The van der Waals surface area contributed by atoms with Crippen molar-refractivity contribution in [3.63, 3.8) is 0 Å². The van der Waals surface area contributed by atoms with E-state index in [0.29, 0.717) is 10.6 Å². The van der Waals surface area contributed by atoms with Crippen LogP contribution in [-0.4, -0.2) is 36.4 Å². The Bertz CT molecular complexity index is 1010. The van der Waals surface area contributed by atoms with E-state index in [2.05, 4.69) is 5.32 Å². The van der Waals surface area contributed by atoms with Crippen molar-refractivity contribution < 1.29 is 32.6 Å². The van der Waals surface area contributed by atoms with E-state index in [4.69, 9.17) is 27.9 Å². The first-order valence-corrected chi connectivity index (χ1v) is 10.4. The van der Waals surface area contributed by atoms with Crippen LogP contribution in [-0.2, 0) is 19.7 Å². The van der Waals surface area contributed by atoms with Crippen molar-refractivity contribution in [1.82, 2.24) is 0 Å². The summed E-state index contributed by atoms with van der Waals surface area (Å²) < 4.78 is 45.8. The van der Waals surface area contributed by atoms with Crippen molar-refractivity contribution in [2.24, 2.45) is 5.92 Å². The highest BCUT2D eigenvalue weighted by atomic mass is 35.5. The third-order valence-corrected chi connectivity index (χ3v) is 6.19. The molecule has 0 bridgehead atoms. The summed E-state index contributed by atoms with van der Waals surface area (Å²) in [4.78, 5) is 24.3. The van der Waals surface area contributed by atoms with Crippen LogP contribution in [0.1, 0.15) is 30.4 Å². The molecule has 5 nitrogen and oxygen atoms in total. The molecule has 0 aromatic heterocycles. The molecule has 2 unspecified atom stereocenters. The molecule has 2 N–H and O–H groups in total. The maximum absolute atomic E-state index is 13.5. The topological polar surface area (TPSA) is 75.6 Å². The highest BCUT2D eigenvalue weighted by Gasteiger charge is 2.45. The third-order valence-electron chi connectivity index (χ3n) is 5.61. The third kappa shape index (κ3) is 5.19. The molecule has 172 valence electrons. The molecular weight excluding hydrogens is 470 g/mol. The summed E-state index contributed by atoms with van der Waals surface area (Å²) in [6.07, 6.45) is -4.82. The zero-order valence-corrected chi connectivity index (χ0v) is 18.4. The number of alkyl halides is 3. The van der Waals surface area contributed by atoms with Gasteiger partial charge in [0.1, 0.15) is 0 Å². The number of aliphatic carboxylic acids is 1. The number of halogens is 5. The number of rotatable bonds is 7. The second-order valence-electron chi connectivity index (χ2n) is 7.89. The number of ether oxygens (including phenoxy) is 1. The van der Waals surface area contributed by atoms with Crippen LogP contribution in [0.25, 0.3) is 0 Å². The highest BCUT2D eigenvalue weighted by molar-refractivity contribution is 6.33. The standard InChI is InChI=1S/C22H20Cl2F3NO4/c1-12(22(25,26)27)19(13-2-5-15(23)6-3-13)20(31)28-17-8-14(4-7-16(17)24)21(9-18(29)30)10-32-11-21/h2-8,12,19H,9-11H2,1H3,(H,28,31)(H,29,30). The van der Waals surface area contributed by atoms with Gasteiger partial charge in [-0.05, 0) is 35.4 Å². The Morgan fingerprint density at radius 2 is 1.78 bits per heavy atom. The average Bonchev–Trinajstić information content (AvgIpc) is 2.67. The van der Waals surface area contributed by atoms with Gasteiger partial charge in [0, 0.05) is 5.02 Å². The number of hydrogen-bond acceptors (Lipinski definition) is 3. The fraction of sp³-hybridized carbons (Fsp3) is 0.364. The Labute approximate surface area is 192 Å². The fourth-order valence-corrected chi connectivity index (χ4v) is 3.99. The maximum Gasteiger partial charge on any atom is 0.392 e. The van der Waals surface area contributed by atoms with E-state index in [9.17, 15) is 27.9 Å². The largest absolute Gasteiger partial charge is 0.481 e. The summed E-state index contributed by atoms with van der Waals surface area (Å²) in [6, 6.07) is 10.2. The molecule has 10 heteroatoms. The van der Waals surface area contributed by atoms with Crippen LogP contribution >= 0.6 is 23.2 Å². The molecule has 0 aliphatic carbocycles. The average molecular weight is 490 g/mol. The predicted octanol–water partition coefficient (Wildman–Crippen LogP) is 5.66. The number of carboxylic acids is 1. The van der Waals surface area contributed by atoms with Crippen LogP contribution in [0.15, 0.2) is 42.5 Å². The van der Waals surface area contributed by atoms with Crippen molar-refractivity contribution in [2.75, 3.05) is 18.5 Å². The number of carboxylic acid groups (broad SMARTS) is 1. The molecule has 1 aliphatic rings. The summed E-state index contributed by atoms with van der Waals surface area (Å²) in [5, 5.41) is 12.2. The molecule has 1 aliphatic heterocycles. The zero-order chi connectivity index (χ0) is 23.7. The second kappa shape index (κ2) is 9.29. The number of carbonyl (C=O) groups excluding carboxylic acids is 1. The number of carbonyl (C=O) groups is 2. The Morgan fingerprint density at radius 1 is 1.16 bits per heavy atom. The lowest BCUT2D eigenvalue weighted by molar-refractivity contribution is -0.178. The van der Waals surface area contributed by atoms with Crippen molar-refractivity contribution in [1.29, 1.82) is 0 Å². The van der Waals surface area contributed by atoms with Crippen LogP contribution < -0.4 is 5.32 Å². The first-order valence-electron chi connectivity index (χ1n) is 9.65. The van der Waals surface area contributed by atoms with E-state index in [1.165, 1.54) is 36.4 Å². The van der Waals surface area contributed by atoms with Gasteiger partial charge in [0.2, 0.25) is 5.91 Å². The van der Waals surface area contributed by atoms with Gasteiger partial charge >= 0.3 is 12.1 Å². The summed E-state index contributed by atoms with van der Waals surface area (Å²) in [5.41, 5.74) is 0.0285. The lowest BCUT2D eigenvalue weighted by Gasteiger charge is -2.41. The van der Waals surface area contributed by atoms with Gasteiger partial charge in [-0.1, -0.05) is 48.3 Å². The summed E-state index contributed by atoms with van der Waals surface area (Å²) >= 11 is 12.0. The van der Waals surface area contributed by atoms with Gasteiger partial charge in [0.25, 0.3) is 0 Å². The van der Waals surface area contributed by atoms with Gasteiger partial charge in [0.15, 0.2) is 0 Å². The molecule has 2 aromatic carbocycles. The minimum atomic E-state index is -4.62. The maximum atomic E-state index is 13.5. The predicted molar refractivity (Wildman–Crippen MR) is 114 cm³/mol. The van der Waals surface area contributed by atoms with E-state index in [1.807, 2.05) is 0 Å². The molecule has 0 radical (unpaired) electrons. The molecule has 2 atom stereocenters. The quantitative estimate of drug-likeness (QED) is 0.526. The molecule has 0 spiro atoms. The summed E-state index contributed by atoms with van der Waals surface area (Å²) in [5.74, 6) is -5.44. The van der Waals surface area contributed by atoms with E-state index in [-0.39, 0.29) is 35.9 Å². The Hall–Kier alpha value is -2.29.